The van der Waals surface area contributed by atoms with Crippen LogP contribution in [0.25, 0.3) is 0 Å². The molecule has 2 atom stereocenters. The number of ether oxygens (including phenoxy) is 1. The minimum atomic E-state index is -0.787. The maximum Gasteiger partial charge on any atom is 0.303 e. The first-order valence-corrected chi connectivity index (χ1v) is 5.76. The summed E-state index contributed by atoms with van der Waals surface area (Å²) in [5.74, 6) is -0.738. The quantitative estimate of drug-likeness (QED) is 0.603. The fourth-order valence-electron chi connectivity index (χ4n) is 1.59. The van der Waals surface area contributed by atoms with Crippen LogP contribution in [-0.2, 0) is 14.3 Å². The molecule has 0 aromatic heterocycles. The Hall–Kier alpha value is -1.10. The van der Waals surface area contributed by atoms with Gasteiger partial charge in [-0.3, -0.25) is 9.59 Å². The summed E-state index contributed by atoms with van der Waals surface area (Å²) in [5, 5.41) is 11.2. The number of aliphatic carboxylic acids is 1. The summed E-state index contributed by atoms with van der Waals surface area (Å²) in [5.41, 5.74) is 0. The van der Waals surface area contributed by atoms with E-state index in [9.17, 15) is 9.59 Å². The van der Waals surface area contributed by atoms with Gasteiger partial charge in [0.15, 0.2) is 0 Å². The van der Waals surface area contributed by atoms with Crippen molar-refractivity contribution in [3.8, 4) is 0 Å². The third kappa shape index (κ3) is 4.61. The second-order valence-corrected chi connectivity index (χ2v) is 3.98. The number of carbonyl (C=O) groups excluding carboxylic acids is 1. The molecule has 0 aliphatic heterocycles. The molecule has 0 aromatic carbocycles. The molecule has 1 saturated carbocycles. The lowest BCUT2D eigenvalue weighted by atomic mass is 10.2. The van der Waals surface area contributed by atoms with Crippen LogP contribution >= 0.6 is 0 Å². The van der Waals surface area contributed by atoms with Gasteiger partial charge >= 0.3 is 5.97 Å². The number of hydrogen-bond donors (Lipinski definition) is 2. The van der Waals surface area contributed by atoms with Crippen molar-refractivity contribution < 1.29 is 19.4 Å². The third-order valence-corrected chi connectivity index (χ3v) is 2.57. The molecule has 0 saturated heterocycles. The normalized spacial score (nSPS) is 22.8. The van der Waals surface area contributed by atoms with E-state index in [1.807, 2.05) is 6.92 Å². The van der Waals surface area contributed by atoms with Gasteiger partial charge < -0.3 is 15.2 Å². The highest BCUT2D eigenvalue weighted by Crippen LogP contribution is 2.33. The zero-order valence-electron chi connectivity index (χ0n) is 9.57. The van der Waals surface area contributed by atoms with E-state index in [0.717, 1.165) is 6.42 Å². The molecule has 0 radical (unpaired) electrons. The SMILES string of the molecule is CCOC1CC1C(=O)NCCCCC(=O)O. The molecule has 0 spiro atoms. The molecule has 1 aliphatic rings. The molecule has 92 valence electrons. The molecule has 1 aliphatic carbocycles. The Balaban J connectivity index is 1.97. The predicted octanol–water partition coefficient (Wildman–Crippen LogP) is 0.782. The summed E-state index contributed by atoms with van der Waals surface area (Å²) in [4.78, 5) is 21.7. The number of carboxylic acid groups (broad SMARTS) is 1. The van der Waals surface area contributed by atoms with Crippen LogP contribution in [0.5, 0.6) is 0 Å². The minimum absolute atomic E-state index is 0.0134. The van der Waals surface area contributed by atoms with E-state index in [1.54, 1.807) is 0 Å². The maximum atomic E-state index is 11.5. The lowest BCUT2D eigenvalue weighted by Crippen LogP contribution is -2.27. The van der Waals surface area contributed by atoms with Crippen LogP contribution in [0.3, 0.4) is 0 Å². The Labute approximate surface area is 95.2 Å². The molecule has 2 unspecified atom stereocenters. The first kappa shape index (κ1) is 13.0. The highest BCUT2D eigenvalue weighted by molar-refractivity contribution is 5.82. The van der Waals surface area contributed by atoms with E-state index in [2.05, 4.69) is 5.32 Å². The van der Waals surface area contributed by atoms with Crippen LogP contribution in [0, 0.1) is 5.92 Å². The summed E-state index contributed by atoms with van der Waals surface area (Å²) in [6.07, 6.45) is 2.40. The summed E-state index contributed by atoms with van der Waals surface area (Å²) in [6.45, 7) is 3.12. The number of carbonyl (C=O) groups is 2. The van der Waals surface area contributed by atoms with Crippen molar-refractivity contribution >= 4 is 11.9 Å². The standard InChI is InChI=1S/C11H19NO4/c1-2-16-9-7-8(9)11(15)12-6-4-3-5-10(13)14/h8-9H,2-7H2,1H3,(H,12,15)(H,13,14). The number of carboxylic acids is 1. The van der Waals surface area contributed by atoms with Crippen molar-refractivity contribution in [1.29, 1.82) is 0 Å². The first-order chi connectivity index (χ1) is 7.65. The first-order valence-electron chi connectivity index (χ1n) is 5.76. The fourth-order valence-corrected chi connectivity index (χ4v) is 1.59. The summed E-state index contributed by atoms with van der Waals surface area (Å²) in [6, 6.07) is 0. The van der Waals surface area contributed by atoms with Crippen molar-refractivity contribution in [1.82, 2.24) is 5.32 Å². The van der Waals surface area contributed by atoms with Crippen molar-refractivity contribution in [3.63, 3.8) is 0 Å². The number of nitrogens with one attached hydrogen (secondary N) is 1. The molecule has 1 rings (SSSR count). The van der Waals surface area contributed by atoms with Crippen LogP contribution in [-0.4, -0.2) is 36.2 Å². The second-order valence-electron chi connectivity index (χ2n) is 3.98. The van der Waals surface area contributed by atoms with E-state index in [0.29, 0.717) is 26.0 Å². The fraction of sp³-hybridized carbons (Fsp3) is 0.818. The average Bonchev–Trinajstić information content (AvgIpc) is 2.96. The van der Waals surface area contributed by atoms with Gasteiger partial charge in [-0.1, -0.05) is 0 Å². The van der Waals surface area contributed by atoms with Gasteiger partial charge in [0, 0.05) is 19.6 Å². The van der Waals surface area contributed by atoms with Crippen LogP contribution in [0.1, 0.15) is 32.6 Å². The number of amides is 1. The molecule has 0 bridgehead atoms. The Morgan fingerprint density at radius 3 is 2.81 bits per heavy atom. The smallest absolute Gasteiger partial charge is 0.303 e. The van der Waals surface area contributed by atoms with Gasteiger partial charge in [0.05, 0.1) is 12.0 Å². The monoisotopic (exact) mass is 229 g/mol. The van der Waals surface area contributed by atoms with Gasteiger partial charge in [0.25, 0.3) is 0 Å². The van der Waals surface area contributed by atoms with E-state index in [4.69, 9.17) is 9.84 Å². The summed E-state index contributed by atoms with van der Waals surface area (Å²) >= 11 is 0. The molecule has 5 heteroatoms. The van der Waals surface area contributed by atoms with E-state index >= 15 is 0 Å². The van der Waals surface area contributed by atoms with Gasteiger partial charge in [0.1, 0.15) is 0 Å². The lowest BCUT2D eigenvalue weighted by Gasteiger charge is -2.04. The molecular weight excluding hydrogens is 210 g/mol. The van der Waals surface area contributed by atoms with Gasteiger partial charge in [-0.15, -0.1) is 0 Å². The van der Waals surface area contributed by atoms with Crippen molar-refractivity contribution in [2.24, 2.45) is 5.92 Å². The van der Waals surface area contributed by atoms with E-state index in [1.165, 1.54) is 0 Å². The Bertz CT molecular complexity index is 254. The van der Waals surface area contributed by atoms with Gasteiger partial charge in [-0.25, -0.2) is 0 Å². The summed E-state index contributed by atoms with van der Waals surface area (Å²) < 4.78 is 5.31. The Morgan fingerprint density at radius 1 is 1.44 bits per heavy atom. The molecule has 1 fully saturated rings. The molecule has 0 aromatic rings. The average molecular weight is 229 g/mol. The molecule has 1 amide bonds. The maximum absolute atomic E-state index is 11.5. The lowest BCUT2D eigenvalue weighted by molar-refractivity contribution is -0.137. The largest absolute Gasteiger partial charge is 0.481 e. The molecule has 2 N–H and O–H groups in total. The highest BCUT2D eigenvalue weighted by atomic mass is 16.5. The third-order valence-electron chi connectivity index (χ3n) is 2.57. The Kier molecular flexibility index (Phi) is 5.25. The van der Waals surface area contributed by atoms with Crippen molar-refractivity contribution in [3.05, 3.63) is 0 Å². The molecule has 5 nitrogen and oxygen atoms in total. The van der Waals surface area contributed by atoms with Crippen molar-refractivity contribution in [2.45, 2.75) is 38.7 Å². The van der Waals surface area contributed by atoms with Gasteiger partial charge in [0.2, 0.25) is 5.91 Å². The zero-order valence-corrected chi connectivity index (χ0v) is 9.57. The number of rotatable bonds is 8. The second kappa shape index (κ2) is 6.48. The van der Waals surface area contributed by atoms with Crippen LogP contribution in [0.15, 0.2) is 0 Å². The highest BCUT2D eigenvalue weighted by Gasteiger charge is 2.43. The molecule has 16 heavy (non-hydrogen) atoms. The molecule has 0 heterocycles. The number of unbranched alkanes of at least 4 members (excludes halogenated alkanes) is 1. The van der Waals surface area contributed by atoms with Crippen molar-refractivity contribution in [2.75, 3.05) is 13.2 Å². The predicted molar refractivity (Wildman–Crippen MR) is 58.0 cm³/mol. The van der Waals surface area contributed by atoms with Gasteiger partial charge in [-0.2, -0.15) is 0 Å². The Morgan fingerprint density at radius 2 is 2.19 bits per heavy atom. The summed E-state index contributed by atoms with van der Waals surface area (Å²) in [7, 11) is 0. The van der Waals surface area contributed by atoms with Crippen LogP contribution in [0.4, 0.5) is 0 Å². The van der Waals surface area contributed by atoms with E-state index in [-0.39, 0.29) is 24.3 Å². The van der Waals surface area contributed by atoms with Crippen LogP contribution in [0.2, 0.25) is 0 Å². The molecular formula is C11H19NO4. The minimum Gasteiger partial charge on any atom is -0.481 e. The van der Waals surface area contributed by atoms with Crippen LogP contribution < -0.4 is 5.32 Å². The van der Waals surface area contributed by atoms with Gasteiger partial charge in [-0.05, 0) is 26.2 Å². The topological polar surface area (TPSA) is 75.6 Å². The number of hydrogen-bond acceptors (Lipinski definition) is 3. The van der Waals surface area contributed by atoms with E-state index < -0.39 is 5.97 Å². The zero-order chi connectivity index (χ0) is 12.0.